The summed E-state index contributed by atoms with van der Waals surface area (Å²) in [7, 11) is 0. The third-order valence-corrected chi connectivity index (χ3v) is 2.69. The van der Waals surface area contributed by atoms with Gasteiger partial charge in [-0.1, -0.05) is 0 Å². The van der Waals surface area contributed by atoms with Gasteiger partial charge in [0.15, 0.2) is 0 Å². The van der Waals surface area contributed by atoms with Crippen molar-refractivity contribution < 1.29 is 14.3 Å². The van der Waals surface area contributed by atoms with Gasteiger partial charge in [0.2, 0.25) is 0 Å². The lowest BCUT2D eigenvalue weighted by atomic mass is 10.1. The number of hydrogen-bond acceptors (Lipinski definition) is 3. The fraction of sp³-hybridized carbons (Fsp3) is 0.417. The molecule has 0 radical (unpaired) electrons. The Labute approximate surface area is 104 Å². The predicted molar refractivity (Wildman–Crippen MR) is 66.0 cm³/mol. The number of aryl methyl sites for hydroxylation is 1. The van der Waals surface area contributed by atoms with E-state index in [-0.39, 0.29) is 5.97 Å². The molecule has 1 aromatic rings. The molecule has 0 aliphatic rings. The summed E-state index contributed by atoms with van der Waals surface area (Å²) in [6, 6.07) is 3.57. The minimum Gasteiger partial charge on any atom is -0.493 e. The maximum Gasteiger partial charge on any atom is 0.338 e. The molecule has 16 heavy (non-hydrogen) atoms. The number of halogens is 1. The summed E-state index contributed by atoms with van der Waals surface area (Å²) >= 11 is 3.39. The molecule has 0 fully saturated rings. The lowest BCUT2D eigenvalue weighted by Crippen LogP contribution is -2.07. The van der Waals surface area contributed by atoms with E-state index in [9.17, 15) is 4.79 Å². The Hall–Kier alpha value is -1.03. The molecular weight excluding hydrogens is 272 g/mol. The average Bonchev–Trinajstić information content (AvgIpc) is 2.22. The van der Waals surface area contributed by atoms with E-state index in [4.69, 9.17) is 9.47 Å². The van der Waals surface area contributed by atoms with Gasteiger partial charge in [0.1, 0.15) is 5.75 Å². The highest BCUT2D eigenvalue weighted by Gasteiger charge is 2.13. The van der Waals surface area contributed by atoms with Crippen molar-refractivity contribution in [3.8, 4) is 5.75 Å². The lowest BCUT2D eigenvalue weighted by Gasteiger charge is -2.10. The van der Waals surface area contributed by atoms with Crippen molar-refractivity contribution in [2.45, 2.75) is 20.8 Å². The van der Waals surface area contributed by atoms with Gasteiger partial charge in [-0.2, -0.15) is 0 Å². The molecule has 0 saturated heterocycles. The van der Waals surface area contributed by atoms with E-state index >= 15 is 0 Å². The zero-order valence-corrected chi connectivity index (χ0v) is 11.3. The monoisotopic (exact) mass is 286 g/mol. The summed E-state index contributed by atoms with van der Waals surface area (Å²) in [6.45, 7) is 6.49. The average molecular weight is 287 g/mol. The number of carbonyl (C=O) groups excluding carboxylic acids is 1. The molecule has 3 nitrogen and oxygen atoms in total. The normalized spacial score (nSPS) is 10.0. The van der Waals surface area contributed by atoms with Crippen molar-refractivity contribution in [2.24, 2.45) is 0 Å². The maximum absolute atomic E-state index is 11.6. The van der Waals surface area contributed by atoms with Crippen molar-refractivity contribution in [3.05, 3.63) is 27.7 Å². The summed E-state index contributed by atoms with van der Waals surface area (Å²) in [5, 5.41) is 0. The van der Waals surface area contributed by atoms with Gasteiger partial charge in [0, 0.05) is 0 Å². The summed E-state index contributed by atoms with van der Waals surface area (Å²) in [5.74, 6) is 0.351. The Balaban J connectivity index is 3.08. The first-order chi connectivity index (χ1) is 7.60. The molecule has 0 aromatic heterocycles. The van der Waals surface area contributed by atoms with Crippen molar-refractivity contribution in [3.63, 3.8) is 0 Å². The molecule has 0 bridgehead atoms. The smallest absolute Gasteiger partial charge is 0.338 e. The molecule has 4 heteroatoms. The first-order valence-corrected chi connectivity index (χ1v) is 5.99. The minimum absolute atomic E-state index is 0.312. The second-order valence-corrected chi connectivity index (χ2v) is 4.11. The Morgan fingerprint density at radius 3 is 2.56 bits per heavy atom. The number of benzene rings is 1. The number of carbonyl (C=O) groups is 1. The molecule has 0 aliphatic heterocycles. The van der Waals surface area contributed by atoms with Crippen LogP contribution in [0.1, 0.15) is 29.8 Å². The highest BCUT2D eigenvalue weighted by atomic mass is 79.9. The molecule has 0 saturated carbocycles. The van der Waals surface area contributed by atoms with Gasteiger partial charge < -0.3 is 9.47 Å². The van der Waals surface area contributed by atoms with Gasteiger partial charge in [-0.05, 0) is 54.4 Å². The third kappa shape index (κ3) is 2.98. The molecule has 0 aliphatic carbocycles. The minimum atomic E-state index is -0.312. The molecule has 1 aromatic carbocycles. The van der Waals surface area contributed by atoms with Crippen LogP contribution in [-0.2, 0) is 4.74 Å². The molecule has 1 rings (SSSR count). The van der Waals surface area contributed by atoms with Crippen LogP contribution in [0.15, 0.2) is 16.6 Å². The Morgan fingerprint density at radius 1 is 1.31 bits per heavy atom. The SMILES string of the molecule is CCOC(=O)c1cc(OCC)c(Br)cc1C. The third-order valence-electron chi connectivity index (χ3n) is 2.07. The van der Waals surface area contributed by atoms with E-state index in [1.165, 1.54) is 0 Å². The fourth-order valence-corrected chi connectivity index (χ4v) is 1.92. The maximum atomic E-state index is 11.6. The molecule has 0 unspecified atom stereocenters. The Bertz CT molecular complexity index is 388. The molecule has 0 N–H and O–H groups in total. The summed E-state index contributed by atoms with van der Waals surface area (Å²) < 4.78 is 11.2. The van der Waals surface area contributed by atoms with Crippen molar-refractivity contribution in [1.82, 2.24) is 0 Å². The van der Waals surface area contributed by atoms with Crippen LogP contribution in [-0.4, -0.2) is 19.2 Å². The highest BCUT2D eigenvalue weighted by Crippen LogP contribution is 2.29. The van der Waals surface area contributed by atoms with Crippen LogP contribution in [0.2, 0.25) is 0 Å². The summed E-state index contributed by atoms with van der Waals surface area (Å²) in [4.78, 5) is 11.6. The van der Waals surface area contributed by atoms with Crippen LogP contribution in [0.4, 0.5) is 0 Å². The largest absolute Gasteiger partial charge is 0.493 e. The first-order valence-electron chi connectivity index (χ1n) is 5.20. The molecule has 0 heterocycles. The van der Waals surface area contributed by atoms with E-state index < -0.39 is 0 Å². The molecule has 0 spiro atoms. The van der Waals surface area contributed by atoms with Crippen molar-refractivity contribution >= 4 is 21.9 Å². The van der Waals surface area contributed by atoms with E-state index in [1.807, 2.05) is 19.9 Å². The zero-order chi connectivity index (χ0) is 12.1. The topological polar surface area (TPSA) is 35.5 Å². The van der Waals surface area contributed by atoms with Gasteiger partial charge in [-0.15, -0.1) is 0 Å². The lowest BCUT2D eigenvalue weighted by molar-refractivity contribution is 0.0525. The quantitative estimate of drug-likeness (QED) is 0.797. The highest BCUT2D eigenvalue weighted by molar-refractivity contribution is 9.10. The molecular formula is C12H15BrO3. The van der Waals surface area contributed by atoms with Gasteiger partial charge in [0.05, 0.1) is 23.2 Å². The standard InChI is InChI=1S/C12H15BrO3/c1-4-15-11-7-9(12(14)16-5-2)8(3)6-10(11)13/h6-7H,4-5H2,1-3H3. The zero-order valence-electron chi connectivity index (χ0n) is 9.67. The summed E-state index contributed by atoms with van der Waals surface area (Å²) in [5.41, 5.74) is 1.42. The fourth-order valence-electron chi connectivity index (χ4n) is 1.35. The first kappa shape index (κ1) is 13.0. The Kier molecular flexibility index (Phi) is 4.80. The van der Waals surface area contributed by atoms with Gasteiger partial charge in [-0.3, -0.25) is 0 Å². The van der Waals surface area contributed by atoms with Crippen LogP contribution < -0.4 is 4.74 Å². The van der Waals surface area contributed by atoms with Crippen LogP contribution in [0.25, 0.3) is 0 Å². The number of rotatable bonds is 4. The van der Waals surface area contributed by atoms with E-state index in [0.717, 1.165) is 10.0 Å². The molecule has 0 amide bonds. The second kappa shape index (κ2) is 5.89. The molecule has 88 valence electrons. The van der Waals surface area contributed by atoms with Crippen LogP contribution >= 0.6 is 15.9 Å². The van der Waals surface area contributed by atoms with Gasteiger partial charge in [-0.25, -0.2) is 4.79 Å². The van der Waals surface area contributed by atoms with Crippen molar-refractivity contribution in [1.29, 1.82) is 0 Å². The Morgan fingerprint density at radius 2 is 2.00 bits per heavy atom. The van der Waals surface area contributed by atoms with E-state index in [1.54, 1.807) is 13.0 Å². The van der Waals surface area contributed by atoms with Crippen LogP contribution in [0.3, 0.4) is 0 Å². The van der Waals surface area contributed by atoms with Crippen LogP contribution in [0.5, 0.6) is 5.75 Å². The van der Waals surface area contributed by atoms with Gasteiger partial charge in [0.25, 0.3) is 0 Å². The molecule has 0 atom stereocenters. The van der Waals surface area contributed by atoms with Crippen molar-refractivity contribution in [2.75, 3.05) is 13.2 Å². The van der Waals surface area contributed by atoms with Crippen LogP contribution in [0, 0.1) is 6.92 Å². The second-order valence-electron chi connectivity index (χ2n) is 3.25. The number of hydrogen-bond donors (Lipinski definition) is 0. The van der Waals surface area contributed by atoms with Gasteiger partial charge >= 0.3 is 5.97 Å². The number of ether oxygens (including phenoxy) is 2. The van der Waals surface area contributed by atoms with E-state index in [0.29, 0.717) is 24.5 Å². The summed E-state index contributed by atoms with van der Waals surface area (Å²) in [6.07, 6.45) is 0. The van der Waals surface area contributed by atoms with E-state index in [2.05, 4.69) is 15.9 Å². The number of esters is 1. The predicted octanol–water partition coefficient (Wildman–Crippen LogP) is 3.33.